The predicted molar refractivity (Wildman–Crippen MR) is 90.3 cm³/mol. The fraction of sp³-hybridized carbons (Fsp3) is 0.267. The average molecular weight is 335 g/mol. The van der Waals surface area contributed by atoms with E-state index < -0.39 is 17.9 Å². The standard InChI is InChI=1S/C15H16N2O3S2/c1-9(14(19)20)17-13(18)12(22-15(17)21)8-10-4-6-11(7-5-10)16(2)3/h4-9H,1-3H3,(H,19,20)/p-1/b12-8+/t9-/m1/s1. The number of anilines is 1. The van der Waals surface area contributed by atoms with Crippen LogP contribution in [-0.2, 0) is 9.59 Å². The topological polar surface area (TPSA) is 63.7 Å². The molecular formula is C15H15N2O3S2-. The van der Waals surface area contributed by atoms with Gasteiger partial charge >= 0.3 is 0 Å². The summed E-state index contributed by atoms with van der Waals surface area (Å²) >= 11 is 6.19. The first-order valence-electron chi connectivity index (χ1n) is 6.56. The van der Waals surface area contributed by atoms with Gasteiger partial charge in [0.25, 0.3) is 5.91 Å². The Kier molecular flexibility index (Phi) is 4.87. The Morgan fingerprint density at radius 2 is 1.95 bits per heavy atom. The normalized spacial score (nSPS) is 18.0. The van der Waals surface area contributed by atoms with Crippen molar-refractivity contribution < 1.29 is 14.7 Å². The molecule has 1 aromatic rings. The van der Waals surface area contributed by atoms with Crippen molar-refractivity contribution in [1.82, 2.24) is 4.90 Å². The molecule has 0 aliphatic carbocycles. The van der Waals surface area contributed by atoms with Crippen molar-refractivity contribution in [3.05, 3.63) is 34.7 Å². The molecule has 5 nitrogen and oxygen atoms in total. The van der Waals surface area contributed by atoms with Crippen molar-refractivity contribution in [1.29, 1.82) is 0 Å². The lowest BCUT2D eigenvalue weighted by Gasteiger charge is -2.23. The van der Waals surface area contributed by atoms with Crippen molar-refractivity contribution in [3.63, 3.8) is 0 Å². The molecule has 0 saturated carbocycles. The zero-order valence-corrected chi connectivity index (χ0v) is 14.0. The Balaban J connectivity index is 2.24. The molecule has 0 unspecified atom stereocenters. The number of hydrogen-bond donors (Lipinski definition) is 0. The van der Waals surface area contributed by atoms with Crippen molar-refractivity contribution in [3.8, 4) is 0 Å². The Hall–Kier alpha value is -1.86. The zero-order chi connectivity index (χ0) is 16.4. The third-order valence-corrected chi connectivity index (χ3v) is 4.59. The van der Waals surface area contributed by atoms with Crippen molar-refractivity contribution in [2.75, 3.05) is 19.0 Å². The Labute approximate surface area is 138 Å². The smallest absolute Gasteiger partial charge is 0.266 e. The summed E-state index contributed by atoms with van der Waals surface area (Å²) in [6.07, 6.45) is 1.71. The molecule has 1 heterocycles. The molecule has 1 aliphatic rings. The number of thiocarbonyl (C=S) groups is 1. The first kappa shape index (κ1) is 16.5. The minimum absolute atomic E-state index is 0.234. The van der Waals surface area contributed by atoms with Crippen LogP contribution >= 0.6 is 24.0 Å². The van der Waals surface area contributed by atoms with Gasteiger partial charge < -0.3 is 14.8 Å². The van der Waals surface area contributed by atoms with Crippen LogP contribution in [0.4, 0.5) is 5.69 Å². The molecule has 1 fully saturated rings. The fourth-order valence-corrected chi connectivity index (χ4v) is 3.36. The second kappa shape index (κ2) is 6.50. The number of thioether (sulfide) groups is 1. The van der Waals surface area contributed by atoms with Crippen LogP contribution in [0.25, 0.3) is 6.08 Å². The van der Waals surface area contributed by atoms with E-state index >= 15 is 0 Å². The van der Waals surface area contributed by atoms with Crippen LogP contribution < -0.4 is 10.0 Å². The first-order valence-corrected chi connectivity index (χ1v) is 7.79. The Morgan fingerprint density at radius 1 is 1.36 bits per heavy atom. The number of hydrogen-bond acceptors (Lipinski definition) is 6. The van der Waals surface area contributed by atoms with E-state index in [0.29, 0.717) is 4.91 Å². The number of benzene rings is 1. The molecule has 0 N–H and O–H groups in total. The quantitative estimate of drug-likeness (QED) is 0.606. The zero-order valence-electron chi connectivity index (χ0n) is 12.4. The maximum absolute atomic E-state index is 12.3. The highest BCUT2D eigenvalue weighted by Crippen LogP contribution is 2.34. The molecule has 2 rings (SSSR count). The lowest BCUT2D eigenvalue weighted by Crippen LogP contribution is -2.48. The van der Waals surface area contributed by atoms with E-state index in [9.17, 15) is 14.7 Å². The number of carboxylic acids is 1. The molecule has 0 radical (unpaired) electrons. The van der Waals surface area contributed by atoms with Crippen molar-refractivity contribution in [2.24, 2.45) is 0 Å². The van der Waals surface area contributed by atoms with Crippen LogP contribution in [0.1, 0.15) is 12.5 Å². The second-order valence-corrected chi connectivity index (χ2v) is 6.71. The summed E-state index contributed by atoms with van der Waals surface area (Å²) in [5.74, 6) is -1.73. The summed E-state index contributed by atoms with van der Waals surface area (Å²) in [5.41, 5.74) is 1.91. The molecular weight excluding hydrogens is 320 g/mol. The van der Waals surface area contributed by atoms with Crippen molar-refractivity contribution >= 4 is 51.9 Å². The van der Waals surface area contributed by atoms with E-state index in [1.807, 2.05) is 43.3 Å². The molecule has 0 aromatic heterocycles. The van der Waals surface area contributed by atoms with Gasteiger partial charge in [-0.1, -0.05) is 36.1 Å². The summed E-state index contributed by atoms with van der Waals surface area (Å²) in [6, 6.07) is 6.59. The summed E-state index contributed by atoms with van der Waals surface area (Å²) in [4.78, 5) is 26.7. The summed E-state index contributed by atoms with van der Waals surface area (Å²) < 4.78 is 0.234. The molecule has 1 amide bonds. The maximum atomic E-state index is 12.3. The Bertz CT molecular complexity index is 653. The van der Waals surface area contributed by atoms with Gasteiger partial charge in [-0.3, -0.25) is 9.69 Å². The Morgan fingerprint density at radius 3 is 2.45 bits per heavy atom. The number of aliphatic carboxylic acids is 1. The average Bonchev–Trinajstić information content (AvgIpc) is 2.73. The highest BCUT2D eigenvalue weighted by Gasteiger charge is 2.35. The largest absolute Gasteiger partial charge is 0.548 e. The summed E-state index contributed by atoms with van der Waals surface area (Å²) in [6.45, 7) is 1.38. The molecule has 1 aliphatic heterocycles. The van der Waals surface area contributed by atoms with E-state index in [1.54, 1.807) is 6.08 Å². The van der Waals surface area contributed by atoms with Gasteiger partial charge in [-0.2, -0.15) is 0 Å². The number of amides is 1. The van der Waals surface area contributed by atoms with Gasteiger partial charge in [-0.05, 0) is 30.7 Å². The van der Waals surface area contributed by atoms with Gasteiger partial charge in [0.15, 0.2) is 0 Å². The highest BCUT2D eigenvalue weighted by molar-refractivity contribution is 8.26. The molecule has 116 valence electrons. The third-order valence-electron chi connectivity index (χ3n) is 3.26. The molecule has 1 atom stereocenters. The maximum Gasteiger partial charge on any atom is 0.266 e. The number of carboxylic acid groups (broad SMARTS) is 1. The molecule has 0 bridgehead atoms. The van der Waals surface area contributed by atoms with Gasteiger partial charge in [-0.25, -0.2) is 0 Å². The third kappa shape index (κ3) is 3.31. The van der Waals surface area contributed by atoms with Crippen LogP contribution in [0.3, 0.4) is 0 Å². The molecule has 1 saturated heterocycles. The van der Waals surface area contributed by atoms with E-state index in [1.165, 1.54) is 6.92 Å². The lowest BCUT2D eigenvalue weighted by molar-refractivity contribution is -0.309. The first-order chi connectivity index (χ1) is 10.3. The predicted octanol–water partition coefficient (Wildman–Crippen LogP) is 1.09. The van der Waals surface area contributed by atoms with E-state index in [2.05, 4.69) is 0 Å². The van der Waals surface area contributed by atoms with Gasteiger partial charge in [0.05, 0.1) is 16.9 Å². The minimum atomic E-state index is -1.33. The monoisotopic (exact) mass is 335 g/mol. The summed E-state index contributed by atoms with van der Waals surface area (Å²) in [5, 5.41) is 10.9. The minimum Gasteiger partial charge on any atom is -0.548 e. The number of carbonyl (C=O) groups excluding carboxylic acids is 2. The van der Waals surface area contributed by atoms with Crippen LogP contribution in [0.5, 0.6) is 0 Å². The fourth-order valence-electron chi connectivity index (χ4n) is 1.94. The lowest BCUT2D eigenvalue weighted by atomic mass is 10.2. The number of rotatable bonds is 4. The van der Waals surface area contributed by atoms with Crippen LogP contribution in [-0.4, -0.2) is 41.2 Å². The molecule has 7 heteroatoms. The van der Waals surface area contributed by atoms with E-state index in [4.69, 9.17) is 12.2 Å². The molecule has 22 heavy (non-hydrogen) atoms. The van der Waals surface area contributed by atoms with Crippen LogP contribution in [0, 0.1) is 0 Å². The van der Waals surface area contributed by atoms with E-state index in [0.717, 1.165) is 27.9 Å². The summed E-state index contributed by atoms with van der Waals surface area (Å²) in [7, 11) is 3.89. The van der Waals surface area contributed by atoms with E-state index in [-0.39, 0.29) is 4.32 Å². The second-order valence-electron chi connectivity index (χ2n) is 5.03. The van der Waals surface area contributed by atoms with Gasteiger partial charge in [0.2, 0.25) is 0 Å². The van der Waals surface area contributed by atoms with Gasteiger partial charge in [0, 0.05) is 19.8 Å². The van der Waals surface area contributed by atoms with Crippen LogP contribution in [0.2, 0.25) is 0 Å². The molecule has 0 spiro atoms. The number of nitrogens with zero attached hydrogens (tertiary/aromatic N) is 2. The van der Waals surface area contributed by atoms with Gasteiger partial charge in [0.1, 0.15) is 4.32 Å². The van der Waals surface area contributed by atoms with Gasteiger partial charge in [-0.15, -0.1) is 0 Å². The number of carbonyl (C=O) groups is 2. The van der Waals surface area contributed by atoms with Crippen LogP contribution in [0.15, 0.2) is 29.2 Å². The molecule has 1 aromatic carbocycles. The SMILES string of the molecule is C[C@H](C(=O)[O-])N1C(=O)/C(=C\c2ccc(N(C)C)cc2)SC1=S. The van der Waals surface area contributed by atoms with Crippen molar-refractivity contribution in [2.45, 2.75) is 13.0 Å². The highest BCUT2D eigenvalue weighted by atomic mass is 32.2.